The molecule has 0 saturated heterocycles. The lowest BCUT2D eigenvalue weighted by molar-refractivity contribution is -0.138. The van der Waals surface area contributed by atoms with Gasteiger partial charge in [0.25, 0.3) is 5.91 Å². The van der Waals surface area contributed by atoms with Crippen LogP contribution < -0.4 is 10.6 Å². The number of hydrogen-bond acceptors (Lipinski definition) is 6. The van der Waals surface area contributed by atoms with Crippen LogP contribution in [0.5, 0.6) is 0 Å². The van der Waals surface area contributed by atoms with Crippen LogP contribution in [0.4, 0.5) is 19.1 Å². The van der Waals surface area contributed by atoms with Crippen molar-refractivity contribution in [3.63, 3.8) is 0 Å². The highest BCUT2D eigenvalue weighted by Crippen LogP contribution is 2.28. The van der Waals surface area contributed by atoms with Crippen molar-refractivity contribution in [1.29, 1.82) is 0 Å². The monoisotopic (exact) mass is 433 g/mol. The largest absolute Gasteiger partial charge is 0.419 e. The zero-order valence-electron chi connectivity index (χ0n) is 17.2. The number of amides is 1. The van der Waals surface area contributed by atoms with Crippen molar-refractivity contribution in [1.82, 2.24) is 30.0 Å². The van der Waals surface area contributed by atoms with Crippen LogP contribution >= 0.6 is 0 Å². The van der Waals surface area contributed by atoms with E-state index in [9.17, 15) is 18.0 Å². The van der Waals surface area contributed by atoms with Gasteiger partial charge in [0.15, 0.2) is 5.69 Å². The zero-order chi connectivity index (χ0) is 22.6. The van der Waals surface area contributed by atoms with Gasteiger partial charge in [0.2, 0.25) is 5.95 Å². The van der Waals surface area contributed by atoms with E-state index in [0.717, 1.165) is 11.1 Å². The summed E-state index contributed by atoms with van der Waals surface area (Å²) < 4.78 is 39.5. The lowest BCUT2D eigenvalue weighted by atomic mass is 10.1. The minimum Gasteiger partial charge on any atom is -0.352 e. The summed E-state index contributed by atoms with van der Waals surface area (Å²) in [6.07, 6.45) is 2.49. The number of aromatic nitrogens is 5. The molecule has 0 saturated carbocycles. The molecule has 0 aliphatic carbocycles. The third-order valence-corrected chi connectivity index (χ3v) is 4.82. The molecule has 11 heteroatoms. The molecule has 0 aliphatic rings. The molecule has 2 N–H and O–H groups in total. The Kier molecular flexibility index (Phi) is 6.52. The summed E-state index contributed by atoms with van der Waals surface area (Å²) in [6.45, 7) is 5.91. The average molecular weight is 433 g/mol. The number of alkyl halides is 3. The number of rotatable bonds is 7. The smallest absolute Gasteiger partial charge is 0.352 e. The van der Waals surface area contributed by atoms with Gasteiger partial charge in [0.1, 0.15) is 0 Å². The van der Waals surface area contributed by atoms with Gasteiger partial charge in [-0.1, -0.05) is 6.92 Å². The van der Waals surface area contributed by atoms with Gasteiger partial charge in [0.05, 0.1) is 11.3 Å². The van der Waals surface area contributed by atoms with Crippen LogP contribution in [-0.2, 0) is 6.18 Å². The quantitative estimate of drug-likeness (QED) is 0.593. The summed E-state index contributed by atoms with van der Waals surface area (Å²) in [5.74, 6) is -0.335. The van der Waals surface area contributed by atoms with Crippen molar-refractivity contribution in [2.45, 2.75) is 39.4 Å². The van der Waals surface area contributed by atoms with Crippen molar-refractivity contribution in [2.24, 2.45) is 0 Å². The summed E-state index contributed by atoms with van der Waals surface area (Å²) in [5, 5.41) is 9.97. The number of carbonyl (C=O) groups is 1. The molecule has 1 unspecified atom stereocenters. The van der Waals surface area contributed by atoms with Crippen LogP contribution in [0.15, 0.2) is 37.1 Å². The van der Waals surface area contributed by atoms with Gasteiger partial charge in [-0.2, -0.15) is 18.3 Å². The van der Waals surface area contributed by atoms with Crippen LogP contribution in [0.2, 0.25) is 0 Å². The molecule has 1 amide bonds. The van der Waals surface area contributed by atoms with E-state index >= 15 is 0 Å². The first-order valence-corrected chi connectivity index (χ1v) is 9.61. The summed E-state index contributed by atoms with van der Waals surface area (Å²) in [7, 11) is 0. The van der Waals surface area contributed by atoms with E-state index in [2.05, 4.69) is 30.7 Å². The van der Waals surface area contributed by atoms with Gasteiger partial charge in [-0.05, 0) is 37.5 Å². The average Bonchev–Trinajstić information content (AvgIpc) is 3.26. The van der Waals surface area contributed by atoms with E-state index in [4.69, 9.17) is 0 Å². The Morgan fingerprint density at radius 2 is 1.87 bits per heavy atom. The van der Waals surface area contributed by atoms with Crippen LogP contribution in [0.25, 0.3) is 5.69 Å². The minimum absolute atomic E-state index is 0.0437. The summed E-state index contributed by atoms with van der Waals surface area (Å²) in [5.41, 5.74) is 1.71. The fraction of sp³-hybridized carbons (Fsp3) is 0.350. The molecule has 0 spiro atoms. The van der Waals surface area contributed by atoms with E-state index in [0.29, 0.717) is 24.5 Å². The zero-order valence-corrected chi connectivity index (χ0v) is 17.2. The molecule has 3 heterocycles. The maximum absolute atomic E-state index is 13.0. The van der Waals surface area contributed by atoms with Gasteiger partial charge in [0, 0.05) is 43.6 Å². The van der Waals surface area contributed by atoms with Crippen molar-refractivity contribution in [3.05, 3.63) is 59.4 Å². The standard InChI is InChI=1S/C20H22F3N7O/c1-4-15(11-27-19-25-9-14(10-26-19)20(21,22)23)29-18(31)16-17(30-7-5-6-28-30)13(3)12(2)8-24-16/h5-10,15H,4,11H2,1-3H3,(H,29,31)(H,25,26,27). The van der Waals surface area contributed by atoms with Gasteiger partial charge < -0.3 is 10.6 Å². The van der Waals surface area contributed by atoms with Crippen molar-refractivity contribution >= 4 is 11.9 Å². The number of halogens is 3. The number of aryl methyl sites for hydroxylation is 1. The highest BCUT2D eigenvalue weighted by molar-refractivity contribution is 5.96. The highest BCUT2D eigenvalue weighted by atomic mass is 19.4. The van der Waals surface area contributed by atoms with Crippen molar-refractivity contribution in [2.75, 3.05) is 11.9 Å². The molecule has 31 heavy (non-hydrogen) atoms. The number of hydrogen-bond donors (Lipinski definition) is 2. The van der Waals surface area contributed by atoms with Crippen molar-refractivity contribution in [3.8, 4) is 5.69 Å². The number of nitrogens with one attached hydrogen (secondary N) is 2. The lowest BCUT2D eigenvalue weighted by Gasteiger charge is -2.19. The van der Waals surface area contributed by atoms with Gasteiger partial charge in [-0.25, -0.2) is 19.6 Å². The Balaban J connectivity index is 1.71. The lowest BCUT2D eigenvalue weighted by Crippen LogP contribution is -2.40. The molecule has 3 rings (SSSR count). The van der Waals surface area contributed by atoms with E-state index < -0.39 is 11.7 Å². The number of anilines is 1. The molecular weight excluding hydrogens is 411 g/mol. The van der Waals surface area contributed by atoms with Crippen LogP contribution in [0.1, 0.15) is 40.5 Å². The summed E-state index contributed by atoms with van der Waals surface area (Å²) in [4.78, 5) is 24.6. The predicted molar refractivity (Wildman–Crippen MR) is 108 cm³/mol. The second-order valence-electron chi connectivity index (χ2n) is 6.97. The summed E-state index contributed by atoms with van der Waals surface area (Å²) in [6, 6.07) is 1.43. The normalized spacial score (nSPS) is 12.5. The predicted octanol–water partition coefficient (Wildman–Crippen LogP) is 3.31. The summed E-state index contributed by atoms with van der Waals surface area (Å²) >= 11 is 0. The third-order valence-electron chi connectivity index (χ3n) is 4.82. The van der Waals surface area contributed by atoms with Gasteiger partial charge >= 0.3 is 6.18 Å². The molecule has 0 aromatic carbocycles. The topological polar surface area (TPSA) is 97.6 Å². The second-order valence-corrected chi connectivity index (χ2v) is 6.97. The van der Waals surface area contributed by atoms with E-state index in [1.54, 1.807) is 29.3 Å². The Bertz CT molecular complexity index is 1030. The molecule has 3 aromatic heterocycles. The second kappa shape index (κ2) is 9.11. The molecule has 0 fully saturated rings. The van der Waals surface area contributed by atoms with Crippen LogP contribution in [0, 0.1) is 13.8 Å². The Morgan fingerprint density at radius 1 is 1.16 bits per heavy atom. The maximum Gasteiger partial charge on any atom is 0.419 e. The van der Waals surface area contributed by atoms with E-state index in [1.807, 2.05) is 20.8 Å². The first-order chi connectivity index (χ1) is 14.7. The number of pyridine rings is 1. The van der Waals surface area contributed by atoms with Gasteiger partial charge in [-0.3, -0.25) is 4.79 Å². The first kappa shape index (κ1) is 22.2. The SMILES string of the molecule is CCC(CNc1ncc(C(F)(F)F)cn1)NC(=O)c1ncc(C)c(C)c1-n1cccn1. The molecule has 8 nitrogen and oxygen atoms in total. The number of carbonyl (C=O) groups excluding carboxylic acids is 1. The highest BCUT2D eigenvalue weighted by Gasteiger charge is 2.31. The van der Waals surface area contributed by atoms with Crippen LogP contribution in [0.3, 0.4) is 0 Å². The fourth-order valence-electron chi connectivity index (χ4n) is 2.86. The Morgan fingerprint density at radius 3 is 2.45 bits per heavy atom. The molecule has 0 radical (unpaired) electrons. The van der Waals surface area contributed by atoms with E-state index in [-0.39, 0.29) is 30.1 Å². The van der Waals surface area contributed by atoms with Gasteiger partial charge in [-0.15, -0.1) is 0 Å². The molecule has 3 aromatic rings. The maximum atomic E-state index is 13.0. The Hall–Kier alpha value is -3.50. The third kappa shape index (κ3) is 5.16. The Labute approximate surface area is 176 Å². The first-order valence-electron chi connectivity index (χ1n) is 9.61. The fourth-order valence-corrected chi connectivity index (χ4v) is 2.86. The molecular formula is C20H22F3N7O. The molecule has 0 aliphatic heterocycles. The molecule has 0 bridgehead atoms. The van der Waals surface area contributed by atoms with Crippen LogP contribution in [-0.4, -0.2) is 43.2 Å². The number of nitrogens with zero attached hydrogens (tertiary/aromatic N) is 5. The minimum atomic E-state index is -4.50. The molecule has 164 valence electrons. The van der Waals surface area contributed by atoms with E-state index in [1.165, 1.54) is 0 Å². The van der Waals surface area contributed by atoms with Crippen molar-refractivity contribution < 1.29 is 18.0 Å². The molecule has 1 atom stereocenters.